The molecule has 3 rings (SSSR count). The van der Waals surface area contributed by atoms with Crippen molar-refractivity contribution in [3.63, 3.8) is 0 Å². The fraction of sp³-hybridized carbons (Fsp3) is 0.316. The molecule has 29 heavy (non-hydrogen) atoms. The van der Waals surface area contributed by atoms with Gasteiger partial charge in [0.2, 0.25) is 0 Å². The van der Waals surface area contributed by atoms with Crippen molar-refractivity contribution in [1.82, 2.24) is 19.5 Å². The lowest BCUT2D eigenvalue weighted by Crippen LogP contribution is -2.09. The third-order valence-corrected chi connectivity index (χ3v) is 6.06. The van der Waals surface area contributed by atoms with Crippen molar-refractivity contribution in [3.05, 3.63) is 41.4 Å². The number of imidazole rings is 1. The van der Waals surface area contributed by atoms with E-state index in [0.29, 0.717) is 11.1 Å². The molecule has 0 saturated heterocycles. The lowest BCUT2D eigenvalue weighted by molar-refractivity contribution is -0.141. The van der Waals surface area contributed by atoms with E-state index in [2.05, 4.69) is 15.0 Å². The van der Waals surface area contributed by atoms with Gasteiger partial charge in [0, 0.05) is 13.2 Å². The number of hydrogen-bond donors (Lipinski definition) is 0. The third-order valence-electron chi connectivity index (χ3n) is 4.31. The zero-order valence-corrected chi connectivity index (χ0v) is 17.1. The minimum Gasteiger partial charge on any atom is -0.324 e. The summed E-state index contributed by atoms with van der Waals surface area (Å²) in [7, 11) is -2.08. The predicted octanol–water partition coefficient (Wildman–Crippen LogP) is 4.27. The highest BCUT2D eigenvalue weighted by Gasteiger charge is 2.33. The number of fused-ring (bicyclic) bond motifs is 1. The first-order valence-electron chi connectivity index (χ1n) is 8.71. The van der Waals surface area contributed by atoms with E-state index in [0.717, 1.165) is 17.8 Å². The summed E-state index contributed by atoms with van der Waals surface area (Å²) in [6, 6.07) is 2.34. The van der Waals surface area contributed by atoms with Gasteiger partial charge in [0.15, 0.2) is 15.7 Å². The van der Waals surface area contributed by atoms with Crippen LogP contribution in [0.4, 0.5) is 13.2 Å². The van der Waals surface area contributed by atoms with E-state index < -0.39 is 21.7 Å². The molecule has 3 aromatic heterocycles. The van der Waals surface area contributed by atoms with E-state index in [1.807, 2.05) is 13.8 Å². The Morgan fingerprint density at radius 3 is 2.45 bits per heavy atom. The quantitative estimate of drug-likeness (QED) is 0.625. The van der Waals surface area contributed by atoms with Crippen LogP contribution in [0, 0.1) is 0 Å². The highest BCUT2D eigenvalue weighted by Crippen LogP contribution is 2.32. The molecule has 0 aliphatic rings. The Bertz CT molecular complexity index is 1220. The molecule has 0 N–H and O–H groups in total. The average molecular weight is 424 g/mol. The zero-order valence-electron chi connectivity index (χ0n) is 16.2. The van der Waals surface area contributed by atoms with Gasteiger partial charge in [-0.1, -0.05) is 18.6 Å². The van der Waals surface area contributed by atoms with Gasteiger partial charge in [-0.25, -0.2) is 18.4 Å². The van der Waals surface area contributed by atoms with Gasteiger partial charge in [0.1, 0.15) is 11.4 Å². The van der Waals surface area contributed by atoms with Gasteiger partial charge in [-0.15, -0.1) is 0 Å². The van der Waals surface area contributed by atoms with Crippen molar-refractivity contribution >= 4 is 26.9 Å². The first kappa shape index (κ1) is 21.0. The largest absolute Gasteiger partial charge is 0.433 e. The summed E-state index contributed by atoms with van der Waals surface area (Å²) in [5.74, 6) is 0.000775. The average Bonchev–Trinajstić information content (AvgIpc) is 2.96. The maximum absolute atomic E-state index is 13.0. The summed E-state index contributed by atoms with van der Waals surface area (Å²) in [6.07, 6.45) is -0.233. The van der Waals surface area contributed by atoms with E-state index >= 15 is 0 Å². The van der Waals surface area contributed by atoms with Gasteiger partial charge in [0.05, 0.1) is 27.9 Å². The number of hydrogen-bond acceptors (Lipinski definition) is 5. The Kier molecular flexibility index (Phi) is 5.24. The number of sulfone groups is 1. The molecule has 0 fully saturated rings. The van der Waals surface area contributed by atoms with Crippen LogP contribution in [-0.4, -0.2) is 33.7 Å². The fourth-order valence-electron chi connectivity index (χ4n) is 2.89. The molecule has 0 radical (unpaired) electrons. The van der Waals surface area contributed by atoms with Crippen LogP contribution in [0.5, 0.6) is 0 Å². The number of pyridine rings is 2. The smallest absolute Gasteiger partial charge is 0.324 e. The van der Waals surface area contributed by atoms with Gasteiger partial charge in [0.25, 0.3) is 0 Å². The van der Waals surface area contributed by atoms with Crippen LogP contribution in [0.1, 0.15) is 32.0 Å². The van der Waals surface area contributed by atoms with Gasteiger partial charge in [-0.2, -0.15) is 13.2 Å². The molecule has 0 atom stereocenters. The molecule has 0 aromatic carbocycles. The minimum atomic E-state index is -4.60. The summed E-state index contributed by atoms with van der Waals surface area (Å²) in [5.41, 5.74) is 0.990. The standard InChI is InChI=1S/C19H19F3N4O2S/c1-5-29(27,28)15-7-12(6-11(2)3)9-24-17(15)18-25-13-8-16(19(20,21)22)23-10-14(13)26(18)4/h6-10H,5H2,1-4H3. The summed E-state index contributed by atoms with van der Waals surface area (Å²) in [6.45, 7) is 5.26. The number of aryl methyl sites for hydroxylation is 1. The normalized spacial score (nSPS) is 12.4. The van der Waals surface area contributed by atoms with Crippen LogP contribution < -0.4 is 0 Å². The summed E-state index contributed by atoms with van der Waals surface area (Å²) < 4.78 is 65.8. The molecular formula is C19H19F3N4O2S. The Balaban J connectivity index is 2.28. The summed E-state index contributed by atoms with van der Waals surface area (Å²) in [4.78, 5) is 12.0. The second kappa shape index (κ2) is 7.25. The van der Waals surface area contributed by atoms with Crippen molar-refractivity contribution in [3.8, 4) is 11.5 Å². The van der Waals surface area contributed by atoms with E-state index in [9.17, 15) is 21.6 Å². The minimum absolute atomic E-state index is 0.0163. The highest BCUT2D eigenvalue weighted by atomic mass is 32.2. The van der Waals surface area contributed by atoms with Gasteiger partial charge < -0.3 is 4.57 Å². The van der Waals surface area contributed by atoms with Gasteiger partial charge in [-0.3, -0.25) is 4.98 Å². The molecule has 0 aliphatic heterocycles. The monoisotopic (exact) mass is 424 g/mol. The molecule has 3 aromatic rings. The molecule has 0 amide bonds. The number of nitrogens with zero attached hydrogens (tertiary/aromatic N) is 4. The third kappa shape index (κ3) is 4.02. The fourth-order valence-corrected chi connectivity index (χ4v) is 3.95. The molecule has 0 bridgehead atoms. The summed E-state index contributed by atoms with van der Waals surface area (Å²) >= 11 is 0. The number of aromatic nitrogens is 4. The van der Waals surface area contributed by atoms with Crippen LogP contribution in [0.2, 0.25) is 0 Å². The zero-order chi connectivity index (χ0) is 21.6. The molecule has 10 heteroatoms. The topological polar surface area (TPSA) is 77.7 Å². The van der Waals surface area contributed by atoms with Gasteiger partial charge >= 0.3 is 6.18 Å². The number of rotatable bonds is 4. The predicted molar refractivity (Wildman–Crippen MR) is 104 cm³/mol. The Morgan fingerprint density at radius 1 is 1.17 bits per heavy atom. The van der Waals surface area contributed by atoms with Crippen LogP contribution in [-0.2, 0) is 23.1 Å². The van der Waals surface area contributed by atoms with Crippen molar-refractivity contribution in [1.29, 1.82) is 0 Å². The molecule has 0 saturated carbocycles. The van der Waals surface area contributed by atoms with E-state index in [1.54, 1.807) is 13.1 Å². The summed E-state index contributed by atoms with van der Waals surface area (Å²) in [5, 5.41) is 0. The van der Waals surface area contributed by atoms with E-state index in [-0.39, 0.29) is 27.7 Å². The molecule has 154 valence electrons. The Labute approximate surface area is 166 Å². The highest BCUT2D eigenvalue weighted by molar-refractivity contribution is 7.91. The molecular weight excluding hydrogens is 405 g/mol. The number of halogens is 3. The van der Waals surface area contributed by atoms with Crippen LogP contribution in [0.25, 0.3) is 28.6 Å². The molecule has 6 nitrogen and oxygen atoms in total. The van der Waals surface area contributed by atoms with Crippen LogP contribution in [0.15, 0.2) is 35.0 Å². The van der Waals surface area contributed by atoms with Crippen molar-refractivity contribution in [2.75, 3.05) is 5.75 Å². The van der Waals surface area contributed by atoms with E-state index in [4.69, 9.17) is 0 Å². The lowest BCUT2D eigenvalue weighted by Gasteiger charge is -2.10. The molecule has 0 spiro atoms. The maximum Gasteiger partial charge on any atom is 0.433 e. The van der Waals surface area contributed by atoms with Crippen molar-refractivity contribution in [2.45, 2.75) is 31.8 Å². The molecule has 3 heterocycles. The second-order valence-corrected chi connectivity index (χ2v) is 9.04. The van der Waals surface area contributed by atoms with Crippen LogP contribution >= 0.6 is 0 Å². The number of allylic oxidation sites excluding steroid dienone is 1. The van der Waals surface area contributed by atoms with Gasteiger partial charge in [-0.05, 0) is 31.5 Å². The molecule has 0 aliphatic carbocycles. The van der Waals surface area contributed by atoms with Crippen molar-refractivity contribution in [2.24, 2.45) is 7.05 Å². The first-order valence-corrected chi connectivity index (χ1v) is 10.4. The van der Waals surface area contributed by atoms with E-state index in [1.165, 1.54) is 23.8 Å². The first-order chi connectivity index (χ1) is 13.4. The Morgan fingerprint density at radius 2 is 1.86 bits per heavy atom. The maximum atomic E-state index is 13.0. The number of alkyl halides is 3. The SMILES string of the molecule is CCS(=O)(=O)c1cc(C=C(C)C)cnc1-c1nc2cc(C(F)(F)F)ncc2n1C. The lowest BCUT2D eigenvalue weighted by atomic mass is 10.2. The van der Waals surface area contributed by atoms with Crippen molar-refractivity contribution < 1.29 is 21.6 Å². The Hall–Kier alpha value is -2.75. The van der Waals surface area contributed by atoms with Crippen LogP contribution in [0.3, 0.4) is 0 Å². The second-order valence-electron chi connectivity index (χ2n) is 6.79. The molecule has 0 unspecified atom stereocenters.